The fourth-order valence-electron chi connectivity index (χ4n) is 1.55. The molecule has 1 aliphatic rings. The molecule has 0 bridgehead atoms. The van der Waals surface area contributed by atoms with Gasteiger partial charge in [-0.05, 0) is 21.1 Å². The lowest BCUT2D eigenvalue weighted by Crippen LogP contribution is -2.18. The predicted octanol–water partition coefficient (Wildman–Crippen LogP) is 0.910. The van der Waals surface area contributed by atoms with Crippen LogP contribution in [-0.2, 0) is 0 Å². The van der Waals surface area contributed by atoms with E-state index in [0.29, 0.717) is 0 Å². The molecule has 0 amide bonds. The second kappa shape index (κ2) is 2.06. The zero-order chi connectivity index (χ0) is 7.26. The van der Waals surface area contributed by atoms with Crippen LogP contribution in [0.5, 0.6) is 0 Å². The summed E-state index contributed by atoms with van der Waals surface area (Å²) in [6, 6.07) is 4.61. The molecule has 0 N–H and O–H groups in total. The number of fused-ring (bicyclic) bond motifs is 3. The van der Waals surface area contributed by atoms with Crippen molar-refractivity contribution in [3.05, 3.63) is 22.9 Å². The summed E-state index contributed by atoms with van der Waals surface area (Å²) in [5, 5.41) is 7.77. The fourth-order valence-corrected chi connectivity index (χ4v) is 6.58. The van der Waals surface area contributed by atoms with E-state index in [-0.39, 0.29) is 9.52 Å². The Morgan fingerprint density at radius 1 is 0.909 bits per heavy atom. The fraction of sp³-hybridized carbons (Fsp3) is 0. The Kier molecular flexibility index (Phi) is 1.16. The van der Waals surface area contributed by atoms with Gasteiger partial charge in [0.15, 0.2) is 0 Å². The van der Waals surface area contributed by atoms with E-state index in [4.69, 9.17) is 0 Å². The van der Waals surface area contributed by atoms with Crippen LogP contribution >= 0.6 is 22.7 Å². The van der Waals surface area contributed by atoms with Crippen LogP contribution < -0.4 is 10.4 Å². The second-order valence-electron chi connectivity index (χ2n) is 2.73. The monoisotopic (exact) mass is 194 g/mol. The molecule has 0 atom stereocenters. The van der Waals surface area contributed by atoms with E-state index in [9.17, 15) is 0 Å². The van der Waals surface area contributed by atoms with Gasteiger partial charge in [0.25, 0.3) is 0 Å². The molecule has 0 aliphatic carbocycles. The Morgan fingerprint density at radius 2 is 1.45 bits per heavy atom. The maximum Gasteiger partial charge on any atom is 0.0914 e. The highest BCUT2D eigenvalue weighted by molar-refractivity contribution is 7.24. The van der Waals surface area contributed by atoms with Crippen LogP contribution in [0.1, 0.15) is 0 Å². The molecule has 11 heavy (non-hydrogen) atoms. The van der Waals surface area contributed by atoms with Gasteiger partial charge in [0, 0.05) is 9.75 Å². The lowest BCUT2D eigenvalue weighted by molar-refractivity contribution is 2.14. The number of hydrogen-bond donors (Lipinski definition) is 0. The zero-order valence-electron chi connectivity index (χ0n) is 5.83. The minimum Gasteiger partial charge on any atom is -0.143 e. The van der Waals surface area contributed by atoms with Crippen molar-refractivity contribution in [3.63, 3.8) is 0 Å². The highest BCUT2D eigenvalue weighted by atomic mass is 32.1. The van der Waals surface area contributed by atoms with E-state index in [1.54, 1.807) is 20.1 Å². The van der Waals surface area contributed by atoms with Crippen LogP contribution in [0.2, 0.25) is 0 Å². The standard InChI is InChI=1S/C8H6S2Si/c1-3-9-7-5(1)11-6-2-4-10-8(6)7/h1-4H,11H2. The number of rotatable bonds is 0. The van der Waals surface area contributed by atoms with E-state index in [2.05, 4.69) is 22.9 Å². The summed E-state index contributed by atoms with van der Waals surface area (Å²) in [5.74, 6) is 0. The molecule has 3 heterocycles. The van der Waals surface area contributed by atoms with Crippen LogP contribution in [-0.4, -0.2) is 9.52 Å². The van der Waals surface area contributed by atoms with Crippen LogP contribution in [0.25, 0.3) is 9.75 Å². The van der Waals surface area contributed by atoms with Gasteiger partial charge in [0.2, 0.25) is 0 Å². The topological polar surface area (TPSA) is 0 Å². The number of hydrogen-bond acceptors (Lipinski definition) is 2. The van der Waals surface area contributed by atoms with Gasteiger partial charge in [-0.1, -0.05) is 12.1 Å². The Balaban J connectivity index is 2.38. The lowest BCUT2D eigenvalue weighted by Gasteiger charge is -1.85. The van der Waals surface area contributed by atoms with Gasteiger partial charge >= 0.3 is 0 Å². The van der Waals surface area contributed by atoms with Crippen molar-refractivity contribution in [3.8, 4) is 9.75 Å². The van der Waals surface area contributed by atoms with Gasteiger partial charge < -0.3 is 0 Å². The van der Waals surface area contributed by atoms with Gasteiger partial charge in [-0.3, -0.25) is 0 Å². The lowest BCUT2D eigenvalue weighted by atomic mass is 10.4. The molecule has 2 aromatic heterocycles. The molecule has 0 spiro atoms. The van der Waals surface area contributed by atoms with Gasteiger partial charge in [-0.15, -0.1) is 22.7 Å². The van der Waals surface area contributed by atoms with Crippen molar-refractivity contribution in [1.29, 1.82) is 0 Å². The first-order chi connectivity index (χ1) is 5.45. The molecule has 0 fully saturated rings. The summed E-state index contributed by atoms with van der Waals surface area (Å²) >= 11 is 3.81. The molecule has 0 nitrogen and oxygen atoms in total. The normalized spacial score (nSPS) is 13.1. The van der Waals surface area contributed by atoms with Crippen molar-refractivity contribution in [1.82, 2.24) is 0 Å². The van der Waals surface area contributed by atoms with Crippen molar-refractivity contribution in [2.75, 3.05) is 0 Å². The van der Waals surface area contributed by atoms with Crippen molar-refractivity contribution < 1.29 is 0 Å². The molecule has 3 heteroatoms. The third kappa shape index (κ3) is 0.732. The quantitative estimate of drug-likeness (QED) is 0.467. The summed E-state index contributed by atoms with van der Waals surface area (Å²) < 4.78 is 0. The maximum atomic E-state index is 2.30. The van der Waals surface area contributed by atoms with Crippen molar-refractivity contribution in [2.24, 2.45) is 0 Å². The molecule has 0 unspecified atom stereocenters. The van der Waals surface area contributed by atoms with E-state index >= 15 is 0 Å². The summed E-state index contributed by atoms with van der Waals surface area (Å²) in [5.41, 5.74) is 0. The molecule has 0 saturated carbocycles. The van der Waals surface area contributed by atoms with Gasteiger partial charge in [0.1, 0.15) is 0 Å². The summed E-state index contributed by atoms with van der Waals surface area (Å²) in [4.78, 5) is 3.14. The average molecular weight is 194 g/mol. The van der Waals surface area contributed by atoms with Gasteiger partial charge in [-0.25, -0.2) is 0 Å². The van der Waals surface area contributed by atoms with Gasteiger partial charge in [0.05, 0.1) is 9.52 Å². The van der Waals surface area contributed by atoms with E-state index in [1.807, 2.05) is 22.7 Å². The van der Waals surface area contributed by atoms with Crippen LogP contribution in [0, 0.1) is 0 Å². The molecule has 0 radical (unpaired) electrons. The SMILES string of the molecule is c1cc2c(s1)-c1sccc1[SiH2]2. The van der Waals surface area contributed by atoms with E-state index < -0.39 is 0 Å². The summed E-state index contributed by atoms with van der Waals surface area (Å²) in [6.07, 6.45) is 0. The summed E-state index contributed by atoms with van der Waals surface area (Å²) in [7, 11) is -0.0548. The Labute approximate surface area is 75.3 Å². The van der Waals surface area contributed by atoms with E-state index in [0.717, 1.165) is 0 Å². The average Bonchev–Trinajstić information content (AvgIpc) is 2.52. The third-order valence-corrected chi connectivity index (χ3v) is 6.61. The molecule has 54 valence electrons. The van der Waals surface area contributed by atoms with Crippen molar-refractivity contribution in [2.45, 2.75) is 0 Å². The highest BCUT2D eigenvalue weighted by Crippen LogP contribution is 2.28. The van der Waals surface area contributed by atoms with E-state index in [1.165, 1.54) is 0 Å². The Bertz CT molecular complexity index is 361. The maximum absolute atomic E-state index is 2.30. The minimum atomic E-state index is -0.0548. The van der Waals surface area contributed by atoms with Gasteiger partial charge in [-0.2, -0.15) is 0 Å². The summed E-state index contributed by atoms with van der Waals surface area (Å²) in [6.45, 7) is 0. The first-order valence-corrected chi connectivity index (χ1v) is 6.75. The largest absolute Gasteiger partial charge is 0.143 e. The third-order valence-electron chi connectivity index (χ3n) is 2.08. The Morgan fingerprint density at radius 3 is 2.00 bits per heavy atom. The molecule has 2 aromatic rings. The molecule has 0 aromatic carbocycles. The first kappa shape index (κ1) is 6.17. The van der Waals surface area contributed by atoms with Crippen molar-refractivity contribution >= 4 is 42.6 Å². The molecule has 1 aliphatic heterocycles. The smallest absolute Gasteiger partial charge is 0.0914 e. The molecular weight excluding hydrogens is 188 g/mol. The minimum absolute atomic E-state index is 0.0548. The van der Waals surface area contributed by atoms with Crippen LogP contribution in [0.4, 0.5) is 0 Å². The van der Waals surface area contributed by atoms with Crippen LogP contribution in [0.15, 0.2) is 22.9 Å². The molecular formula is C8H6S2Si. The highest BCUT2D eigenvalue weighted by Gasteiger charge is 2.20. The Hall–Kier alpha value is -0.383. The predicted molar refractivity (Wildman–Crippen MR) is 55.4 cm³/mol. The molecule has 3 rings (SSSR count). The van der Waals surface area contributed by atoms with Crippen LogP contribution in [0.3, 0.4) is 0 Å². The molecule has 0 saturated heterocycles. The second-order valence-corrected chi connectivity index (χ2v) is 6.44. The first-order valence-electron chi connectivity index (χ1n) is 3.58. The zero-order valence-corrected chi connectivity index (χ0v) is 8.88. The number of thiophene rings is 2.